The van der Waals surface area contributed by atoms with Crippen molar-refractivity contribution in [3.63, 3.8) is 0 Å². The quantitative estimate of drug-likeness (QED) is 0.636. The second kappa shape index (κ2) is 7.02. The van der Waals surface area contributed by atoms with Gasteiger partial charge in [0.05, 0.1) is 15.8 Å². The van der Waals surface area contributed by atoms with Crippen LogP contribution in [0.3, 0.4) is 0 Å². The summed E-state index contributed by atoms with van der Waals surface area (Å²) in [6.07, 6.45) is 0. The van der Waals surface area contributed by atoms with E-state index in [-0.39, 0.29) is 11.7 Å². The molecule has 0 atom stereocenters. The minimum absolute atomic E-state index is 0.128. The second-order valence-electron chi connectivity index (χ2n) is 4.19. The van der Waals surface area contributed by atoms with Gasteiger partial charge in [-0.15, -0.1) is 11.8 Å². The zero-order valence-electron chi connectivity index (χ0n) is 10.7. The number of thioether (sulfide) groups is 1. The maximum absolute atomic E-state index is 13.2. The van der Waals surface area contributed by atoms with Crippen molar-refractivity contribution in [2.24, 2.45) is 0 Å². The van der Waals surface area contributed by atoms with Gasteiger partial charge in [0.15, 0.2) is 0 Å². The van der Waals surface area contributed by atoms with Crippen molar-refractivity contribution in [3.8, 4) is 0 Å². The van der Waals surface area contributed by atoms with Gasteiger partial charge in [-0.1, -0.05) is 23.2 Å². The number of amides is 1. The van der Waals surface area contributed by atoms with Gasteiger partial charge in [-0.25, -0.2) is 4.39 Å². The van der Waals surface area contributed by atoms with E-state index in [2.05, 4.69) is 5.32 Å². The number of carbonyl (C=O) groups is 1. The third-order valence-corrected chi connectivity index (χ3v) is 4.18. The highest BCUT2D eigenvalue weighted by Gasteiger charge is 2.07. The Morgan fingerprint density at radius 1 is 1.19 bits per heavy atom. The summed E-state index contributed by atoms with van der Waals surface area (Å²) in [6, 6.07) is 8.97. The van der Waals surface area contributed by atoms with Gasteiger partial charge >= 0.3 is 0 Å². The molecule has 0 unspecified atom stereocenters. The lowest BCUT2D eigenvalue weighted by Crippen LogP contribution is -2.13. The summed E-state index contributed by atoms with van der Waals surface area (Å²) in [4.78, 5) is 12.4. The van der Waals surface area contributed by atoms with Gasteiger partial charge in [0, 0.05) is 16.3 Å². The van der Waals surface area contributed by atoms with Crippen molar-refractivity contribution >= 4 is 52.2 Å². The Labute approximate surface area is 135 Å². The minimum atomic E-state index is -0.428. The summed E-state index contributed by atoms with van der Waals surface area (Å²) in [7, 11) is 0. The van der Waals surface area contributed by atoms with Crippen molar-refractivity contribution in [3.05, 3.63) is 52.3 Å². The van der Waals surface area contributed by atoms with Crippen molar-refractivity contribution < 1.29 is 9.18 Å². The molecule has 1 amide bonds. The van der Waals surface area contributed by atoms with E-state index >= 15 is 0 Å². The number of halogens is 3. The lowest BCUT2D eigenvalue weighted by molar-refractivity contribution is -0.113. The standard InChI is InChI=1S/C14H11Cl2FN2OS/c15-12-2-1-10(6-13(12)16)19-14(20)7-21-11-4-8(17)3-9(18)5-11/h1-6H,7,18H2,(H,19,20). The SMILES string of the molecule is Nc1cc(F)cc(SCC(=O)Nc2ccc(Cl)c(Cl)c2)c1. The van der Waals surface area contributed by atoms with Crippen LogP contribution >= 0.6 is 35.0 Å². The molecule has 110 valence electrons. The van der Waals surface area contributed by atoms with Crippen molar-refractivity contribution in [1.29, 1.82) is 0 Å². The fourth-order valence-corrected chi connectivity index (χ4v) is 2.67. The highest BCUT2D eigenvalue weighted by molar-refractivity contribution is 8.00. The van der Waals surface area contributed by atoms with Crippen LogP contribution in [-0.4, -0.2) is 11.7 Å². The summed E-state index contributed by atoms with van der Waals surface area (Å²) < 4.78 is 13.2. The molecule has 0 heterocycles. The van der Waals surface area contributed by atoms with E-state index in [1.165, 1.54) is 23.9 Å². The largest absolute Gasteiger partial charge is 0.399 e. The van der Waals surface area contributed by atoms with Crippen molar-refractivity contribution in [2.75, 3.05) is 16.8 Å². The lowest BCUT2D eigenvalue weighted by atomic mass is 10.3. The van der Waals surface area contributed by atoms with E-state index in [1.54, 1.807) is 24.3 Å². The van der Waals surface area contributed by atoms with Crippen LogP contribution in [0.15, 0.2) is 41.3 Å². The molecule has 2 aromatic carbocycles. The zero-order valence-corrected chi connectivity index (χ0v) is 13.0. The molecule has 0 bridgehead atoms. The Balaban J connectivity index is 1.94. The highest BCUT2D eigenvalue weighted by Crippen LogP contribution is 2.26. The molecule has 0 saturated heterocycles. The van der Waals surface area contributed by atoms with Crippen LogP contribution in [0.1, 0.15) is 0 Å². The number of hydrogen-bond donors (Lipinski definition) is 2. The number of nitrogens with two attached hydrogens (primary N) is 1. The van der Waals surface area contributed by atoms with Crippen LogP contribution in [0.2, 0.25) is 10.0 Å². The van der Waals surface area contributed by atoms with Crippen LogP contribution in [0.5, 0.6) is 0 Å². The van der Waals surface area contributed by atoms with Crippen molar-refractivity contribution in [1.82, 2.24) is 0 Å². The van der Waals surface area contributed by atoms with E-state index in [0.29, 0.717) is 26.3 Å². The Morgan fingerprint density at radius 2 is 1.95 bits per heavy atom. The molecule has 0 fully saturated rings. The summed E-state index contributed by atoms with van der Waals surface area (Å²) in [5.74, 6) is -0.535. The molecule has 0 radical (unpaired) electrons. The van der Waals surface area contributed by atoms with Gasteiger partial charge in [0.25, 0.3) is 0 Å². The first-order valence-electron chi connectivity index (χ1n) is 5.88. The normalized spacial score (nSPS) is 10.4. The maximum Gasteiger partial charge on any atom is 0.234 e. The molecule has 0 spiro atoms. The van der Waals surface area contributed by atoms with Crippen LogP contribution in [0.4, 0.5) is 15.8 Å². The van der Waals surface area contributed by atoms with E-state index in [9.17, 15) is 9.18 Å². The van der Waals surface area contributed by atoms with Crippen LogP contribution in [0, 0.1) is 5.82 Å². The maximum atomic E-state index is 13.2. The number of nitrogens with one attached hydrogen (secondary N) is 1. The third kappa shape index (κ3) is 4.81. The zero-order chi connectivity index (χ0) is 15.4. The van der Waals surface area contributed by atoms with Crippen LogP contribution in [-0.2, 0) is 4.79 Å². The molecule has 21 heavy (non-hydrogen) atoms. The predicted octanol–water partition coefficient (Wildman–Crippen LogP) is 4.45. The Hall–Kier alpha value is -1.43. The summed E-state index contributed by atoms with van der Waals surface area (Å²) >= 11 is 12.8. The van der Waals surface area contributed by atoms with Gasteiger partial charge in [0.2, 0.25) is 5.91 Å². The van der Waals surface area contributed by atoms with Crippen LogP contribution in [0.25, 0.3) is 0 Å². The number of nitrogen functional groups attached to an aromatic ring is 1. The minimum Gasteiger partial charge on any atom is -0.399 e. The Bertz CT molecular complexity index is 662. The molecule has 0 aliphatic heterocycles. The topological polar surface area (TPSA) is 55.1 Å². The van der Waals surface area contributed by atoms with Gasteiger partial charge in [-0.05, 0) is 36.4 Å². The molecular weight excluding hydrogens is 334 g/mol. The summed E-state index contributed by atoms with van der Waals surface area (Å²) in [6.45, 7) is 0. The average molecular weight is 345 g/mol. The molecule has 0 saturated carbocycles. The average Bonchev–Trinajstić information content (AvgIpc) is 2.40. The molecule has 0 aromatic heterocycles. The number of anilines is 2. The number of benzene rings is 2. The van der Waals surface area contributed by atoms with Crippen LogP contribution < -0.4 is 11.1 Å². The molecule has 0 aliphatic rings. The van der Waals surface area contributed by atoms with Gasteiger partial charge < -0.3 is 11.1 Å². The number of hydrogen-bond acceptors (Lipinski definition) is 3. The number of carbonyl (C=O) groups excluding carboxylic acids is 1. The Kier molecular flexibility index (Phi) is 5.33. The first kappa shape index (κ1) is 15.9. The van der Waals surface area contributed by atoms with Gasteiger partial charge in [-0.2, -0.15) is 0 Å². The van der Waals surface area contributed by atoms with E-state index < -0.39 is 5.82 Å². The van der Waals surface area contributed by atoms with E-state index in [1.807, 2.05) is 0 Å². The molecule has 2 aromatic rings. The predicted molar refractivity (Wildman–Crippen MR) is 86.6 cm³/mol. The highest BCUT2D eigenvalue weighted by atomic mass is 35.5. The molecule has 7 heteroatoms. The fraction of sp³-hybridized carbons (Fsp3) is 0.0714. The first-order chi connectivity index (χ1) is 9.94. The summed E-state index contributed by atoms with van der Waals surface area (Å²) in [5.41, 5.74) is 6.41. The molecule has 3 nitrogen and oxygen atoms in total. The van der Waals surface area contributed by atoms with Gasteiger partial charge in [0.1, 0.15) is 5.82 Å². The summed E-state index contributed by atoms with van der Waals surface area (Å²) in [5, 5.41) is 3.46. The second-order valence-corrected chi connectivity index (χ2v) is 6.05. The van der Waals surface area contributed by atoms with Crippen molar-refractivity contribution in [2.45, 2.75) is 4.90 Å². The van der Waals surface area contributed by atoms with Gasteiger partial charge in [-0.3, -0.25) is 4.79 Å². The molecule has 0 aliphatic carbocycles. The lowest BCUT2D eigenvalue weighted by Gasteiger charge is -2.07. The van der Waals surface area contributed by atoms with E-state index in [0.717, 1.165) is 0 Å². The monoisotopic (exact) mass is 344 g/mol. The van der Waals surface area contributed by atoms with E-state index in [4.69, 9.17) is 28.9 Å². The molecule has 3 N–H and O–H groups in total. The smallest absolute Gasteiger partial charge is 0.234 e. The fourth-order valence-electron chi connectivity index (χ4n) is 1.59. The number of rotatable bonds is 4. The molecular formula is C14H11Cl2FN2OS. The first-order valence-corrected chi connectivity index (χ1v) is 7.62. The third-order valence-electron chi connectivity index (χ3n) is 2.47. The molecule has 2 rings (SSSR count). The Morgan fingerprint density at radius 3 is 2.62 bits per heavy atom.